The van der Waals surface area contributed by atoms with Gasteiger partial charge in [0.25, 0.3) is 0 Å². The highest BCUT2D eigenvalue weighted by Crippen LogP contribution is 2.23. The highest BCUT2D eigenvalue weighted by atomic mass is 16.3. The van der Waals surface area contributed by atoms with E-state index in [4.69, 9.17) is 0 Å². The van der Waals surface area contributed by atoms with Gasteiger partial charge in [-0.2, -0.15) is 5.10 Å². The average molecular weight is 239 g/mol. The molecule has 1 heterocycles. The number of rotatable bonds is 5. The van der Waals surface area contributed by atoms with Gasteiger partial charge in [-0.25, -0.2) is 0 Å². The number of nitrogens with zero attached hydrogens (tertiary/aromatic N) is 3. The smallest absolute Gasteiger partial charge is 0.0775 e. The van der Waals surface area contributed by atoms with Gasteiger partial charge in [-0.3, -0.25) is 4.68 Å². The lowest BCUT2D eigenvalue weighted by Crippen LogP contribution is -2.51. The zero-order chi connectivity index (χ0) is 13.2. The first kappa shape index (κ1) is 14.2. The molecule has 2 atom stereocenters. The van der Waals surface area contributed by atoms with Crippen LogP contribution in [0.3, 0.4) is 0 Å². The van der Waals surface area contributed by atoms with Crippen molar-refractivity contribution in [3.63, 3.8) is 0 Å². The van der Waals surface area contributed by atoms with Crippen LogP contribution in [0.25, 0.3) is 0 Å². The van der Waals surface area contributed by atoms with Crippen molar-refractivity contribution in [3.05, 3.63) is 17.5 Å². The van der Waals surface area contributed by atoms with E-state index >= 15 is 0 Å². The number of likely N-dealkylation sites (N-methyl/N-ethyl adjacent to an activating group) is 1. The third-order valence-corrected chi connectivity index (χ3v) is 3.96. The Balaban J connectivity index is 2.84. The van der Waals surface area contributed by atoms with Crippen LogP contribution in [0.4, 0.5) is 0 Å². The predicted octanol–water partition coefficient (Wildman–Crippen LogP) is 1.36. The third-order valence-electron chi connectivity index (χ3n) is 3.96. The van der Waals surface area contributed by atoms with Gasteiger partial charge >= 0.3 is 0 Å². The van der Waals surface area contributed by atoms with Gasteiger partial charge in [-0.15, -0.1) is 0 Å². The fourth-order valence-electron chi connectivity index (χ4n) is 2.12. The van der Waals surface area contributed by atoms with E-state index in [1.807, 2.05) is 38.8 Å². The minimum absolute atomic E-state index is 0.196. The monoisotopic (exact) mass is 239 g/mol. The molecule has 0 amide bonds. The molecule has 1 rings (SSSR count). The van der Waals surface area contributed by atoms with Gasteiger partial charge in [0.05, 0.1) is 11.8 Å². The van der Waals surface area contributed by atoms with Gasteiger partial charge in [0.15, 0.2) is 0 Å². The average Bonchev–Trinajstić information content (AvgIpc) is 2.55. The third kappa shape index (κ3) is 2.87. The quantitative estimate of drug-likeness (QED) is 0.843. The molecule has 1 aromatic heterocycles. The molecule has 0 saturated heterocycles. The molecular formula is C13H25N3O. The minimum atomic E-state index is -0.391. The van der Waals surface area contributed by atoms with Gasteiger partial charge in [-0.1, -0.05) is 6.92 Å². The summed E-state index contributed by atoms with van der Waals surface area (Å²) >= 11 is 0. The number of aromatic nitrogens is 2. The summed E-state index contributed by atoms with van der Waals surface area (Å²) in [6.45, 7) is 6.18. The fourth-order valence-corrected chi connectivity index (χ4v) is 2.12. The highest BCUT2D eigenvalue weighted by Gasteiger charge is 2.33. The molecule has 0 aliphatic rings. The minimum Gasteiger partial charge on any atom is -0.391 e. The Morgan fingerprint density at radius 3 is 2.47 bits per heavy atom. The van der Waals surface area contributed by atoms with Crippen LogP contribution in [0.5, 0.6) is 0 Å². The van der Waals surface area contributed by atoms with Crippen LogP contribution in [0.2, 0.25) is 0 Å². The van der Waals surface area contributed by atoms with Crippen molar-refractivity contribution in [3.8, 4) is 0 Å². The molecule has 4 heteroatoms. The van der Waals surface area contributed by atoms with Gasteiger partial charge in [0.2, 0.25) is 0 Å². The number of aliphatic hydroxyl groups excluding tert-OH is 1. The topological polar surface area (TPSA) is 41.3 Å². The van der Waals surface area contributed by atoms with Crippen LogP contribution in [0.1, 0.15) is 31.7 Å². The highest BCUT2D eigenvalue weighted by molar-refractivity contribution is 5.11. The number of hydrogen-bond acceptors (Lipinski definition) is 3. The van der Waals surface area contributed by atoms with Crippen molar-refractivity contribution in [1.82, 2.24) is 14.7 Å². The van der Waals surface area contributed by atoms with Crippen LogP contribution in [0, 0.1) is 6.92 Å². The van der Waals surface area contributed by atoms with Crippen molar-refractivity contribution in [1.29, 1.82) is 0 Å². The van der Waals surface area contributed by atoms with Crippen LogP contribution in [-0.2, 0) is 13.5 Å². The van der Waals surface area contributed by atoms with E-state index in [2.05, 4.69) is 23.8 Å². The summed E-state index contributed by atoms with van der Waals surface area (Å²) in [6, 6.07) is 2.04. The number of hydrogen-bond donors (Lipinski definition) is 1. The largest absolute Gasteiger partial charge is 0.391 e. The maximum absolute atomic E-state index is 10.4. The second kappa shape index (κ2) is 5.19. The summed E-state index contributed by atoms with van der Waals surface area (Å²) in [7, 11) is 5.95. The van der Waals surface area contributed by atoms with E-state index in [0.717, 1.165) is 17.8 Å². The molecule has 98 valence electrons. The second-order valence-electron chi connectivity index (χ2n) is 5.23. The van der Waals surface area contributed by atoms with E-state index in [1.165, 1.54) is 0 Å². The molecule has 1 N–H and O–H groups in total. The number of aliphatic hydroxyl groups is 1. The first-order valence-corrected chi connectivity index (χ1v) is 6.16. The van der Waals surface area contributed by atoms with Crippen molar-refractivity contribution >= 4 is 0 Å². The Labute approximate surface area is 104 Å². The SMILES string of the molecule is CCC(C)(C(O)Cc1cc(C)nn1C)N(C)C. The van der Waals surface area contributed by atoms with E-state index < -0.39 is 6.10 Å². The van der Waals surface area contributed by atoms with Gasteiger partial charge < -0.3 is 10.0 Å². The summed E-state index contributed by atoms with van der Waals surface area (Å²) in [5.41, 5.74) is 1.88. The summed E-state index contributed by atoms with van der Waals surface area (Å²) in [5, 5.41) is 14.8. The molecule has 0 aliphatic heterocycles. The van der Waals surface area contributed by atoms with Gasteiger partial charge in [-0.05, 0) is 40.4 Å². The Bertz CT molecular complexity index is 373. The molecule has 0 bridgehead atoms. The van der Waals surface area contributed by atoms with E-state index in [0.29, 0.717) is 6.42 Å². The van der Waals surface area contributed by atoms with E-state index in [-0.39, 0.29) is 5.54 Å². The lowest BCUT2D eigenvalue weighted by molar-refractivity contribution is 0.00200. The normalized spacial score (nSPS) is 17.2. The lowest BCUT2D eigenvalue weighted by atomic mass is 9.87. The first-order valence-electron chi connectivity index (χ1n) is 6.16. The molecule has 17 heavy (non-hydrogen) atoms. The summed E-state index contributed by atoms with van der Waals surface area (Å²) in [5.74, 6) is 0. The van der Waals surface area contributed by atoms with Gasteiger partial charge in [0, 0.05) is 24.7 Å². The Kier molecular flexibility index (Phi) is 4.33. The standard InChI is InChI=1S/C13H25N3O/c1-7-13(3,15(4)5)12(17)9-11-8-10(2)14-16(11)6/h8,12,17H,7,9H2,1-6H3. The Morgan fingerprint density at radius 1 is 1.53 bits per heavy atom. The Morgan fingerprint density at radius 2 is 2.12 bits per heavy atom. The van der Waals surface area contributed by atoms with Crippen LogP contribution >= 0.6 is 0 Å². The molecule has 0 saturated carbocycles. The molecule has 0 aliphatic carbocycles. The first-order chi connectivity index (χ1) is 7.81. The van der Waals surface area contributed by atoms with Crippen LogP contribution < -0.4 is 0 Å². The van der Waals surface area contributed by atoms with Gasteiger partial charge in [0.1, 0.15) is 0 Å². The second-order valence-corrected chi connectivity index (χ2v) is 5.23. The molecular weight excluding hydrogens is 214 g/mol. The summed E-state index contributed by atoms with van der Waals surface area (Å²) in [6.07, 6.45) is 1.16. The fraction of sp³-hybridized carbons (Fsp3) is 0.769. The van der Waals surface area contributed by atoms with Crippen LogP contribution in [0.15, 0.2) is 6.07 Å². The zero-order valence-electron chi connectivity index (χ0n) is 11.9. The molecule has 1 aromatic rings. The maximum Gasteiger partial charge on any atom is 0.0775 e. The van der Waals surface area contributed by atoms with E-state index in [9.17, 15) is 5.11 Å². The van der Waals surface area contributed by atoms with Crippen molar-refractivity contribution < 1.29 is 5.11 Å². The molecule has 0 fully saturated rings. The van der Waals surface area contributed by atoms with Crippen molar-refractivity contribution in [2.24, 2.45) is 7.05 Å². The van der Waals surface area contributed by atoms with E-state index in [1.54, 1.807) is 0 Å². The van der Waals surface area contributed by atoms with Crippen molar-refractivity contribution in [2.45, 2.75) is 45.3 Å². The maximum atomic E-state index is 10.4. The predicted molar refractivity (Wildman–Crippen MR) is 70.0 cm³/mol. The summed E-state index contributed by atoms with van der Waals surface area (Å²) in [4.78, 5) is 2.10. The lowest BCUT2D eigenvalue weighted by Gasteiger charge is -2.40. The molecule has 0 aromatic carbocycles. The molecule has 2 unspecified atom stereocenters. The Hall–Kier alpha value is -0.870. The zero-order valence-corrected chi connectivity index (χ0v) is 11.9. The van der Waals surface area contributed by atoms with Crippen molar-refractivity contribution in [2.75, 3.05) is 14.1 Å². The summed E-state index contributed by atoms with van der Waals surface area (Å²) < 4.78 is 1.85. The number of aryl methyl sites for hydroxylation is 2. The molecule has 4 nitrogen and oxygen atoms in total. The molecule has 0 radical (unpaired) electrons. The van der Waals surface area contributed by atoms with Crippen LogP contribution in [-0.4, -0.2) is 45.5 Å². The molecule has 0 spiro atoms.